The first-order valence-electron chi connectivity index (χ1n) is 3.87. The Hall–Kier alpha value is -0.510. The first-order valence-corrected chi connectivity index (χ1v) is 4.99. The van der Waals surface area contributed by atoms with Gasteiger partial charge in [-0.15, -0.1) is 0 Å². The third-order valence-corrected chi connectivity index (χ3v) is 2.47. The average molecular weight is 250 g/mol. The van der Waals surface area contributed by atoms with E-state index in [-0.39, 0.29) is 5.56 Å². The highest BCUT2D eigenvalue weighted by molar-refractivity contribution is 9.08. The molecule has 4 heteroatoms. The summed E-state index contributed by atoms with van der Waals surface area (Å²) in [6.45, 7) is 3.60. The van der Waals surface area contributed by atoms with Crippen molar-refractivity contribution in [2.75, 3.05) is 0 Å². The number of hydrogen-bond acceptors (Lipinski definition) is 1. The molecule has 13 heavy (non-hydrogen) atoms. The SMILES string of the molecule is Cc1cc(C(F)F)c(CBr)nc1C. The lowest BCUT2D eigenvalue weighted by Crippen LogP contribution is -2.00. The van der Waals surface area contributed by atoms with Gasteiger partial charge in [0.05, 0.1) is 5.69 Å². The number of hydrogen-bond donors (Lipinski definition) is 0. The summed E-state index contributed by atoms with van der Waals surface area (Å²) < 4.78 is 24.9. The minimum absolute atomic E-state index is 0.0278. The van der Waals surface area contributed by atoms with Gasteiger partial charge in [0.25, 0.3) is 6.43 Å². The molecule has 0 bridgehead atoms. The smallest absolute Gasteiger partial charge is 0.257 e. The molecule has 1 nitrogen and oxygen atoms in total. The van der Waals surface area contributed by atoms with Crippen LogP contribution in [-0.4, -0.2) is 4.98 Å². The molecule has 0 N–H and O–H groups in total. The van der Waals surface area contributed by atoms with Gasteiger partial charge in [-0.3, -0.25) is 4.98 Å². The van der Waals surface area contributed by atoms with Crippen LogP contribution in [0.1, 0.15) is 28.9 Å². The van der Waals surface area contributed by atoms with E-state index in [0.29, 0.717) is 11.0 Å². The third-order valence-electron chi connectivity index (χ3n) is 1.94. The van der Waals surface area contributed by atoms with Crippen LogP contribution in [0.15, 0.2) is 6.07 Å². The van der Waals surface area contributed by atoms with Crippen LogP contribution in [0.4, 0.5) is 8.78 Å². The van der Waals surface area contributed by atoms with E-state index in [1.54, 1.807) is 6.92 Å². The van der Waals surface area contributed by atoms with E-state index in [1.165, 1.54) is 6.07 Å². The second-order valence-corrected chi connectivity index (χ2v) is 3.42. The molecular weight excluding hydrogens is 240 g/mol. The number of halogens is 3. The lowest BCUT2D eigenvalue weighted by molar-refractivity contribution is 0.150. The van der Waals surface area contributed by atoms with Crippen molar-refractivity contribution in [2.24, 2.45) is 0 Å². The van der Waals surface area contributed by atoms with Crippen molar-refractivity contribution in [2.45, 2.75) is 25.6 Å². The molecule has 0 atom stereocenters. The van der Waals surface area contributed by atoms with E-state index in [4.69, 9.17) is 0 Å². The number of aryl methyl sites for hydroxylation is 2. The number of alkyl halides is 3. The molecular formula is C9H10BrF2N. The second-order valence-electron chi connectivity index (χ2n) is 2.86. The largest absolute Gasteiger partial charge is 0.265 e. The molecule has 0 aliphatic carbocycles. The highest BCUT2D eigenvalue weighted by atomic mass is 79.9. The van der Waals surface area contributed by atoms with Gasteiger partial charge in [-0.2, -0.15) is 0 Å². The third kappa shape index (κ3) is 2.24. The molecule has 0 saturated heterocycles. The van der Waals surface area contributed by atoms with Gasteiger partial charge >= 0.3 is 0 Å². The van der Waals surface area contributed by atoms with Gasteiger partial charge in [-0.1, -0.05) is 15.9 Å². The minimum Gasteiger partial charge on any atom is -0.257 e. The molecule has 1 aromatic rings. The van der Waals surface area contributed by atoms with Crippen LogP contribution in [0.3, 0.4) is 0 Å². The maximum atomic E-state index is 12.5. The monoisotopic (exact) mass is 249 g/mol. The van der Waals surface area contributed by atoms with Crippen LogP contribution < -0.4 is 0 Å². The lowest BCUT2D eigenvalue weighted by Gasteiger charge is -2.08. The summed E-state index contributed by atoms with van der Waals surface area (Å²) in [5.74, 6) is 0. The van der Waals surface area contributed by atoms with E-state index in [9.17, 15) is 8.78 Å². The number of nitrogens with zero attached hydrogens (tertiary/aromatic N) is 1. The Kier molecular flexibility index (Phi) is 3.36. The Morgan fingerprint density at radius 3 is 2.54 bits per heavy atom. The van der Waals surface area contributed by atoms with Crippen molar-refractivity contribution in [3.8, 4) is 0 Å². The van der Waals surface area contributed by atoms with Crippen LogP contribution in [0.2, 0.25) is 0 Å². The van der Waals surface area contributed by atoms with E-state index in [2.05, 4.69) is 20.9 Å². The van der Waals surface area contributed by atoms with Crippen molar-refractivity contribution in [1.29, 1.82) is 0 Å². The molecule has 0 saturated carbocycles. The van der Waals surface area contributed by atoms with Crippen LogP contribution in [0.25, 0.3) is 0 Å². The Balaban J connectivity index is 3.25. The first-order chi connectivity index (χ1) is 6.06. The van der Waals surface area contributed by atoms with Gasteiger partial charge in [0.2, 0.25) is 0 Å². The molecule has 72 valence electrons. The summed E-state index contributed by atoms with van der Waals surface area (Å²) in [7, 11) is 0. The molecule has 0 aliphatic rings. The lowest BCUT2D eigenvalue weighted by atomic mass is 10.1. The summed E-state index contributed by atoms with van der Waals surface area (Å²) in [5.41, 5.74) is 2.07. The van der Waals surface area contributed by atoms with Crippen molar-refractivity contribution in [3.63, 3.8) is 0 Å². The van der Waals surface area contributed by atoms with Gasteiger partial charge in [-0.05, 0) is 25.5 Å². The van der Waals surface area contributed by atoms with E-state index in [0.717, 1.165) is 11.3 Å². The number of pyridine rings is 1. The topological polar surface area (TPSA) is 12.9 Å². The summed E-state index contributed by atoms with van der Waals surface area (Å²) in [4.78, 5) is 4.09. The van der Waals surface area contributed by atoms with Crippen LogP contribution in [0.5, 0.6) is 0 Å². The minimum atomic E-state index is -2.45. The fourth-order valence-electron chi connectivity index (χ4n) is 1.07. The van der Waals surface area contributed by atoms with Crippen molar-refractivity contribution < 1.29 is 8.78 Å². The zero-order valence-electron chi connectivity index (χ0n) is 7.44. The van der Waals surface area contributed by atoms with Gasteiger partial charge in [0.15, 0.2) is 0 Å². The van der Waals surface area contributed by atoms with E-state index in [1.807, 2.05) is 6.92 Å². The summed E-state index contributed by atoms with van der Waals surface area (Å²) in [6, 6.07) is 1.50. The van der Waals surface area contributed by atoms with E-state index < -0.39 is 6.43 Å². The summed E-state index contributed by atoms with van der Waals surface area (Å²) in [5, 5.41) is 0.369. The zero-order valence-corrected chi connectivity index (χ0v) is 9.03. The predicted molar refractivity (Wildman–Crippen MR) is 51.3 cm³/mol. The van der Waals surface area contributed by atoms with Gasteiger partial charge in [0, 0.05) is 16.6 Å². The molecule has 0 radical (unpaired) electrons. The normalized spacial score (nSPS) is 10.9. The quantitative estimate of drug-likeness (QED) is 0.731. The maximum absolute atomic E-state index is 12.5. The Morgan fingerprint density at radius 2 is 2.08 bits per heavy atom. The molecule has 0 spiro atoms. The van der Waals surface area contributed by atoms with Gasteiger partial charge in [-0.25, -0.2) is 8.78 Å². The standard InChI is InChI=1S/C9H10BrF2N/c1-5-3-7(9(11)12)8(4-10)13-6(5)2/h3,9H,4H2,1-2H3. The number of aromatic nitrogens is 1. The van der Waals surface area contributed by atoms with E-state index >= 15 is 0 Å². The predicted octanol–water partition coefficient (Wildman–Crippen LogP) is 3.53. The molecule has 1 rings (SSSR count). The van der Waals surface area contributed by atoms with Crippen LogP contribution in [0, 0.1) is 13.8 Å². The highest BCUT2D eigenvalue weighted by Gasteiger charge is 2.14. The Bertz CT molecular complexity index is 313. The Morgan fingerprint density at radius 1 is 1.46 bits per heavy atom. The molecule has 0 aromatic carbocycles. The van der Waals surface area contributed by atoms with Crippen molar-refractivity contribution >= 4 is 15.9 Å². The molecule has 0 fully saturated rings. The van der Waals surface area contributed by atoms with Crippen molar-refractivity contribution in [3.05, 3.63) is 28.6 Å². The molecule has 0 unspecified atom stereocenters. The van der Waals surface area contributed by atoms with Crippen molar-refractivity contribution in [1.82, 2.24) is 4.98 Å². The first kappa shape index (κ1) is 10.6. The molecule has 0 amide bonds. The second kappa shape index (κ2) is 4.13. The molecule has 0 aliphatic heterocycles. The fraction of sp³-hybridized carbons (Fsp3) is 0.444. The number of rotatable bonds is 2. The fourth-order valence-corrected chi connectivity index (χ4v) is 1.52. The average Bonchev–Trinajstić information content (AvgIpc) is 2.08. The molecule has 1 heterocycles. The zero-order chi connectivity index (χ0) is 10.0. The Labute approximate surface area is 84.3 Å². The highest BCUT2D eigenvalue weighted by Crippen LogP contribution is 2.25. The maximum Gasteiger partial charge on any atom is 0.265 e. The van der Waals surface area contributed by atoms with Gasteiger partial charge in [0.1, 0.15) is 0 Å². The van der Waals surface area contributed by atoms with Gasteiger partial charge < -0.3 is 0 Å². The summed E-state index contributed by atoms with van der Waals surface area (Å²) >= 11 is 3.14. The summed E-state index contributed by atoms with van der Waals surface area (Å²) in [6.07, 6.45) is -2.45. The van der Waals surface area contributed by atoms with Crippen LogP contribution >= 0.6 is 15.9 Å². The molecule has 1 aromatic heterocycles. The van der Waals surface area contributed by atoms with Crippen LogP contribution in [-0.2, 0) is 5.33 Å².